The number of phosphoric ester groups is 1. The van der Waals surface area contributed by atoms with Crippen molar-refractivity contribution in [3.8, 4) is 17.2 Å². The zero-order valence-electron chi connectivity index (χ0n) is 51.5. The minimum atomic E-state index is -4.95. The molecule has 3 amide bonds. The lowest BCUT2D eigenvalue weighted by Crippen LogP contribution is -2.55. The number of ether oxygens (including phenoxy) is 7. The van der Waals surface area contributed by atoms with E-state index in [1.54, 1.807) is 78.3 Å². The fourth-order valence-corrected chi connectivity index (χ4v) is 12.5. The summed E-state index contributed by atoms with van der Waals surface area (Å²) in [6.45, 7) is 7.31. The number of imidazole rings is 1. The lowest BCUT2D eigenvalue weighted by Gasteiger charge is -2.37. The van der Waals surface area contributed by atoms with Gasteiger partial charge in [0.05, 0.1) is 46.9 Å². The predicted molar refractivity (Wildman–Crippen MR) is 336 cm³/mol. The molecule has 0 saturated carbocycles. The van der Waals surface area contributed by atoms with Gasteiger partial charge in [-0.3, -0.25) is 37.1 Å². The predicted octanol–water partition coefficient (Wildman–Crippen LogP) is 7.31. The molecule has 480 valence electrons. The van der Waals surface area contributed by atoms with Crippen molar-refractivity contribution < 1.29 is 65.7 Å². The molecule has 5 aromatic carbocycles. The van der Waals surface area contributed by atoms with Gasteiger partial charge in [0.25, 0.3) is 5.91 Å². The van der Waals surface area contributed by atoms with Gasteiger partial charge in [0.2, 0.25) is 18.4 Å². The summed E-state index contributed by atoms with van der Waals surface area (Å²) in [6.07, 6.45) is -2.86. The average Bonchev–Trinajstić information content (AvgIpc) is 1.21. The average molecular weight is 1280 g/mol. The molecule has 2 aliphatic rings. The topological polar surface area (TPSA) is 283 Å². The van der Waals surface area contributed by atoms with E-state index in [-0.39, 0.29) is 31.8 Å². The second-order valence-electron chi connectivity index (χ2n) is 21.6. The Hall–Kier alpha value is -9.42. The quantitative estimate of drug-likeness (QED) is 0.0187. The zero-order chi connectivity index (χ0) is 64.9. The lowest BCUT2D eigenvalue weighted by molar-refractivity contribution is -0.129. The van der Waals surface area contributed by atoms with Crippen molar-refractivity contribution in [1.82, 2.24) is 39.7 Å². The first kappa shape index (κ1) is 65.5. The molecule has 27 heteroatoms. The van der Waals surface area contributed by atoms with Crippen LogP contribution in [0.5, 0.6) is 17.2 Å². The molecule has 10 rings (SSSR count). The van der Waals surface area contributed by atoms with Crippen molar-refractivity contribution in [1.29, 1.82) is 0 Å². The molecule has 1 unspecified atom stereocenters. The van der Waals surface area contributed by atoms with Crippen LogP contribution >= 0.6 is 7.82 Å². The van der Waals surface area contributed by atoms with Crippen LogP contribution < -0.4 is 40.8 Å². The van der Waals surface area contributed by atoms with Gasteiger partial charge < -0.3 is 58.9 Å². The van der Waals surface area contributed by atoms with Gasteiger partial charge in [-0.15, -0.1) is 0 Å². The zero-order valence-corrected chi connectivity index (χ0v) is 52.4. The highest BCUT2D eigenvalue weighted by atomic mass is 31.2. The SMILES string of the molecule is [C-]#[N+]CCOP(=O)(OC[C@H]1O[C@@H](n2cnc3c(N(C)C)ncnc32)[C@H](OC)[C@@H]1NC(=O)[C@H](Cc1ccc(OC)cc1)NC(C)=O)O[C@H]1C[C@H](n2ccc(NC(=O)c3ccccc3)nc2=O)O[C@@H]1COC(c1ccccc1)(c1ccc(OC)cc1)c1ccc(OC)cc1. The summed E-state index contributed by atoms with van der Waals surface area (Å²) in [6, 6.07) is 38.9. The monoisotopic (exact) mass is 1280 g/mol. The fourth-order valence-electron chi connectivity index (χ4n) is 11.1. The van der Waals surface area contributed by atoms with Gasteiger partial charge in [0, 0.05) is 52.7 Å². The first-order valence-corrected chi connectivity index (χ1v) is 30.8. The molecule has 8 aromatic rings. The molecular formula is C65H70N11O15P. The van der Waals surface area contributed by atoms with E-state index in [2.05, 4.69) is 40.7 Å². The molecular weight excluding hydrogens is 1210 g/mol. The number of amides is 3. The third kappa shape index (κ3) is 14.8. The molecule has 2 fully saturated rings. The minimum Gasteiger partial charge on any atom is -0.497 e. The van der Waals surface area contributed by atoms with Crippen LogP contribution in [-0.2, 0) is 58.7 Å². The number of hydrogen-bond donors (Lipinski definition) is 3. The number of rotatable bonds is 28. The van der Waals surface area contributed by atoms with Crippen LogP contribution in [0.25, 0.3) is 16.0 Å². The number of anilines is 2. The highest BCUT2D eigenvalue weighted by Crippen LogP contribution is 2.54. The number of aromatic nitrogens is 6. The van der Waals surface area contributed by atoms with Crippen LogP contribution in [-0.4, -0.2) is 152 Å². The molecule has 92 heavy (non-hydrogen) atoms. The number of hydrogen-bond acceptors (Lipinski definition) is 20. The number of phosphoric acid groups is 1. The molecule has 2 aliphatic heterocycles. The Kier molecular flexibility index (Phi) is 21.1. The van der Waals surface area contributed by atoms with Crippen molar-refractivity contribution in [3.05, 3.63) is 208 Å². The Morgan fingerprint density at radius 2 is 1.40 bits per heavy atom. The third-order valence-electron chi connectivity index (χ3n) is 15.6. The van der Waals surface area contributed by atoms with Crippen LogP contribution in [0.1, 0.15) is 58.4 Å². The van der Waals surface area contributed by atoms with E-state index in [4.69, 9.17) is 53.3 Å². The van der Waals surface area contributed by atoms with Crippen molar-refractivity contribution in [2.45, 2.75) is 74.3 Å². The van der Waals surface area contributed by atoms with Crippen LogP contribution in [0, 0.1) is 6.57 Å². The van der Waals surface area contributed by atoms with Gasteiger partial charge >= 0.3 is 13.5 Å². The van der Waals surface area contributed by atoms with Crippen molar-refractivity contribution in [2.75, 3.05) is 79.1 Å². The molecule has 9 atom stereocenters. The van der Waals surface area contributed by atoms with Crippen molar-refractivity contribution in [3.63, 3.8) is 0 Å². The molecule has 3 N–H and O–H groups in total. The summed E-state index contributed by atoms with van der Waals surface area (Å²) in [5, 5.41) is 8.48. The number of nitrogens with zero attached hydrogens (tertiary/aromatic N) is 8. The lowest BCUT2D eigenvalue weighted by atomic mass is 9.80. The summed E-state index contributed by atoms with van der Waals surface area (Å²) < 4.78 is 81.2. The fraction of sp³-hybridized carbons (Fsp3) is 0.338. The Morgan fingerprint density at radius 1 is 0.772 bits per heavy atom. The molecule has 2 saturated heterocycles. The second-order valence-corrected chi connectivity index (χ2v) is 23.2. The van der Waals surface area contributed by atoms with Crippen LogP contribution in [0.2, 0.25) is 0 Å². The maximum atomic E-state index is 15.8. The van der Waals surface area contributed by atoms with E-state index < -0.39 is 99.0 Å². The van der Waals surface area contributed by atoms with E-state index in [9.17, 15) is 19.2 Å². The molecule has 0 radical (unpaired) electrons. The molecule has 0 bridgehead atoms. The summed E-state index contributed by atoms with van der Waals surface area (Å²) in [4.78, 5) is 77.8. The maximum Gasteiger partial charge on any atom is 0.475 e. The normalized spacial score (nSPS) is 19.7. The number of benzene rings is 5. The van der Waals surface area contributed by atoms with Crippen LogP contribution in [0.4, 0.5) is 11.6 Å². The summed E-state index contributed by atoms with van der Waals surface area (Å²) in [5.41, 5.74) is 1.68. The number of carbonyl (C=O) groups is 3. The molecule has 26 nitrogen and oxygen atoms in total. The van der Waals surface area contributed by atoms with E-state index >= 15 is 4.57 Å². The van der Waals surface area contributed by atoms with Crippen molar-refractivity contribution >= 4 is 48.3 Å². The summed E-state index contributed by atoms with van der Waals surface area (Å²) >= 11 is 0. The van der Waals surface area contributed by atoms with Crippen LogP contribution in [0.15, 0.2) is 163 Å². The number of nitrogens with one attached hydrogen (secondary N) is 3. The summed E-state index contributed by atoms with van der Waals surface area (Å²) in [5.74, 6) is 0.669. The van der Waals surface area contributed by atoms with E-state index in [0.717, 1.165) is 0 Å². The van der Waals surface area contributed by atoms with E-state index in [1.807, 2.05) is 93.0 Å². The van der Waals surface area contributed by atoms with Gasteiger partial charge in [0.1, 0.15) is 78.3 Å². The molecule has 5 heterocycles. The van der Waals surface area contributed by atoms with Gasteiger partial charge in [-0.2, -0.15) is 4.98 Å². The first-order chi connectivity index (χ1) is 44.6. The summed E-state index contributed by atoms with van der Waals surface area (Å²) in [7, 11) is 4.77. The van der Waals surface area contributed by atoms with Gasteiger partial charge in [-0.25, -0.2) is 30.9 Å². The van der Waals surface area contributed by atoms with Gasteiger partial charge in [-0.1, -0.05) is 84.9 Å². The van der Waals surface area contributed by atoms with Crippen LogP contribution in [0.3, 0.4) is 0 Å². The minimum absolute atomic E-state index is 0.0271. The Balaban J connectivity index is 1.01. The molecule has 0 aliphatic carbocycles. The van der Waals surface area contributed by atoms with E-state index in [1.165, 1.54) is 50.6 Å². The molecule has 3 aromatic heterocycles. The number of methoxy groups -OCH3 is 4. The highest BCUT2D eigenvalue weighted by Gasteiger charge is 2.51. The van der Waals surface area contributed by atoms with Crippen molar-refractivity contribution in [2.24, 2.45) is 0 Å². The van der Waals surface area contributed by atoms with E-state index in [0.29, 0.717) is 62.0 Å². The third-order valence-corrected chi connectivity index (χ3v) is 17.1. The molecule has 0 spiro atoms. The standard InChI is InChI=1S/C65H70N11O15P/c1-41(77)70-50(35-42-19-25-47(82-5)26-20-42)62(79)73-56-53(90-63(58(56)85-8)76-40-69-57-59(74(3)4)67-39-68-60(57)76)38-88-92(81,87-34-32-66-2)91-51-36-55(75-33-31-54(72-64(75)80)71-61(78)43-15-11-9-12-16-43)89-52(51)37-86-65(44-17-13-10-14-18-44,45-21-27-48(83-6)28-22-45)46-23-29-49(84-7)30-24-46/h9-31,33,39-40,50-53,55-56,58,63H,32,34-38H2,1,3-8H3,(H,70,77)(H,73,79)(H,71,72,78,80)/t50-,51-,52+,53+,55+,56+,58+,63+,92?/m0/s1. The smallest absolute Gasteiger partial charge is 0.475 e. The number of fused-ring (bicyclic) bond motifs is 1. The largest absolute Gasteiger partial charge is 0.497 e. The highest BCUT2D eigenvalue weighted by molar-refractivity contribution is 7.48. The maximum absolute atomic E-state index is 15.8. The van der Waals surface area contributed by atoms with Gasteiger partial charge in [-0.05, 0) is 76.9 Å². The van der Waals surface area contributed by atoms with Gasteiger partial charge in [0.15, 0.2) is 23.2 Å². The first-order valence-electron chi connectivity index (χ1n) is 29.3. The number of carbonyl (C=O) groups excluding carboxylic acids is 3. The second kappa shape index (κ2) is 29.7. The Labute approximate surface area is 530 Å². The Bertz CT molecular complexity index is 3920. The Morgan fingerprint density at radius 3 is 2.00 bits per heavy atom.